The fourth-order valence-corrected chi connectivity index (χ4v) is 15.8. The monoisotopic (exact) mass is 701 g/mol. The van der Waals surface area contributed by atoms with E-state index in [0.717, 1.165) is 64.6 Å². The van der Waals surface area contributed by atoms with Crippen LogP contribution in [0.2, 0.25) is 0 Å². The molecule has 14 atom stereocenters. The maximum atomic E-state index is 12.5. The molecule has 4 spiro atoms. The Labute approximate surface area is 301 Å². The molecule has 9 aliphatic rings. The highest BCUT2D eigenvalue weighted by Crippen LogP contribution is 2.96. The van der Waals surface area contributed by atoms with Crippen molar-refractivity contribution in [3.63, 3.8) is 0 Å². The van der Waals surface area contributed by atoms with Gasteiger partial charge in [0, 0.05) is 57.2 Å². The molecule has 9 fully saturated rings. The van der Waals surface area contributed by atoms with Gasteiger partial charge in [0.25, 0.3) is 0 Å². The van der Waals surface area contributed by atoms with Gasteiger partial charge in [-0.25, -0.2) is 0 Å². The highest BCUT2D eigenvalue weighted by molar-refractivity contribution is 5.41. The molecule has 0 bridgehead atoms. The number of fused-ring (bicyclic) bond motifs is 1. The van der Waals surface area contributed by atoms with E-state index in [2.05, 4.69) is 37.5 Å². The lowest BCUT2D eigenvalue weighted by Crippen LogP contribution is -2.60. The van der Waals surface area contributed by atoms with Crippen LogP contribution < -0.4 is 0 Å². The van der Waals surface area contributed by atoms with Crippen LogP contribution in [0.3, 0.4) is 0 Å². The SMILES string of the molecule is COCCN1CC(CN2CCOC(OC3CCC45CC46CCC47CC48C(C)CC(C(O)C(C)(C)O)OC8C(O)C7(C)C6CCC5C3(C)C)C2)C1. The van der Waals surface area contributed by atoms with Crippen molar-refractivity contribution in [2.45, 2.75) is 142 Å². The Morgan fingerprint density at radius 1 is 0.960 bits per heavy atom. The lowest BCUT2D eigenvalue weighted by Gasteiger charge is -2.61. The lowest BCUT2D eigenvalue weighted by atomic mass is 9.44. The molecule has 0 amide bonds. The van der Waals surface area contributed by atoms with Crippen molar-refractivity contribution in [3.8, 4) is 0 Å². The summed E-state index contributed by atoms with van der Waals surface area (Å²) in [6.45, 7) is 21.1. The van der Waals surface area contributed by atoms with Gasteiger partial charge < -0.3 is 39.2 Å². The number of hydrogen-bond acceptors (Lipinski definition) is 9. The van der Waals surface area contributed by atoms with Crippen molar-refractivity contribution in [1.82, 2.24) is 9.80 Å². The van der Waals surface area contributed by atoms with Crippen molar-refractivity contribution in [2.24, 2.45) is 56.2 Å². The zero-order chi connectivity index (χ0) is 35.3. The number of methoxy groups -OCH3 is 1. The molecule has 3 N–H and O–H groups in total. The summed E-state index contributed by atoms with van der Waals surface area (Å²) in [6.07, 6.45) is 8.31. The fraction of sp³-hybridized carbons (Fsp3) is 1.00. The maximum Gasteiger partial charge on any atom is 0.170 e. The number of aliphatic hydroxyl groups excluding tert-OH is 2. The van der Waals surface area contributed by atoms with Crippen LogP contribution in [0.15, 0.2) is 0 Å². The third kappa shape index (κ3) is 4.45. The van der Waals surface area contributed by atoms with E-state index in [-0.39, 0.29) is 40.2 Å². The molecule has 3 aliphatic heterocycles. The molecule has 0 aromatic rings. The minimum atomic E-state index is -1.24. The number of nitrogens with zero attached hydrogens (tertiary/aromatic N) is 2. The third-order valence-corrected chi connectivity index (χ3v) is 18.1. The number of rotatable bonds is 9. The van der Waals surface area contributed by atoms with Crippen LogP contribution in [0.5, 0.6) is 0 Å². The first kappa shape index (κ1) is 35.3. The molecule has 0 aromatic heterocycles. The zero-order valence-electron chi connectivity index (χ0n) is 32.2. The summed E-state index contributed by atoms with van der Waals surface area (Å²) < 4.78 is 25.3. The Balaban J connectivity index is 0.887. The van der Waals surface area contributed by atoms with Gasteiger partial charge in [0.05, 0.1) is 43.2 Å². The van der Waals surface area contributed by atoms with Crippen molar-refractivity contribution >= 4 is 0 Å². The van der Waals surface area contributed by atoms with E-state index in [1.54, 1.807) is 21.0 Å². The Hall–Kier alpha value is -0.360. The van der Waals surface area contributed by atoms with Crippen molar-refractivity contribution in [2.75, 3.05) is 59.6 Å². The van der Waals surface area contributed by atoms with Crippen LogP contribution in [-0.2, 0) is 18.9 Å². The average Bonchev–Trinajstić information content (AvgIpc) is 3.91. The van der Waals surface area contributed by atoms with E-state index in [0.29, 0.717) is 28.6 Å². The third-order valence-electron chi connectivity index (χ3n) is 18.1. The summed E-state index contributed by atoms with van der Waals surface area (Å²) in [5, 5.41) is 34.3. The number of hydrogen-bond donors (Lipinski definition) is 3. The molecule has 14 unspecified atom stereocenters. The molecule has 0 radical (unpaired) electrons. The molecule has 0 aromatic carbocycles. The molecule has 3 saturated heterocycles. The van der Waals surface area contributed by atoms with Crippen molar-refractivity contribution in [3.05, 3.63) is 0 Å². The normalized spacial score (nSPS) is 53.2. The van der Waals surface area contributed by atoms with Gasteiger partial charge in [-0.15, -0.1) is 0 Å². The first-order valence-electron chi connectivity index (χ1n) is 20.5. The Kier molecular flexibility index (Phi) is 8.02. The van der Waals surface area contributed by atoms with Crippen LogP contribution in [0.4, 0.5) is 0 Å². The van der Waals surface area contributed by atoms with E-state index in [1.807, 2.05) is 0 Å². The van der Waals surface area contributed by atoms with E-state index >= 15 is 0 Å². The summed E-state index contributed by atoms with van der Waals surface area (Å²) in [7, 11) is 1.78. The van der Waals surface area contributed by atoms with Gasteiger partial charge in [-0.05, 0) is 117 Å². The van der Waals surface area contributed by atoms with Gasteiger partial charge in [0.1, 0.15) is 6.10 Å². The summed E-state index contributed by atoms with van der Waals surface area (Å²) in [4.78, 5) is 5.07. The summed E-state index contributed by atoms with van der Waals surface area (Å²) in [5.41, 5.74) is -0.551. The second kappa shape index (κ2) is 11.3. The second-order valence-electron chi connectivity index (χ2n) is 20.7. The first-order valence-corrected chi connectivity index (χ1v) is 20.5. The van der Waals surface area contributed by atoms with Crippen molar-refractivity contribution < 1.29 is 34.3 Å². The van der Waals surface area contributed by atoms with Crippen LogP contribution in [-0.4, -0.2) is 127 Å². The summed E-state index contributed by atoms with van der Waals surface area (Å²) in [5.74, 6) is 2.23. The topological polar surface area (TPSA) is 104 Å². The van der Waals surface area contributed by atoms with E-state index in [4.69, 9.17) is 18.9 Å². The second-order valence-corrected chi connectivity index (χ2v) is 20.7. The van der Waals surface area contributed by atoms with Gasteiger partial charge in [-0.3, -0.25) is 4.90 Å². The lowest BCUT2D eigenvalue weighted by molar-refractivity contribution is -0.249. The smallest absolute Gasteiger partial charge is 0.170 e. The number of ether oxygens (including phenoxy) is 4. The van der Waals surface area contributed by atoms with E-state index in [1.165, 1.54) is 51.6 Å². The standard InChI is InChI=1S/C41H68N2O7/c1-25-18-27(32(44)36(4,5)46)49-34-33(45)37(6)29-9-8-28-35(2,3)30(10-11-38(28)23-39(29,38)12-13-40(37)24-41(25,34)40)50-31-22-43(15-17-48-31)21-26-19-42(20-26)14-16-47-7/h25-34,44-46H,8-24H2,1-7H3. The summed E-state index contributed by atoms with van der Waals surface area (Å²) in [6, 6.07) is 0. The number of morpholine rings is 1. The molecule has 9 heteroatoms. The highest BCUT2D eigenvalue weighted by Gasteiger charge is 2.93. The van der Waals surface area contributed by atoms with Crippen LogP contribution in [0.1, 0.15) is 99.3 Å². The van der Waals surface area contributed by atoms with Gasteiger partial charge >= 0.3 is 0 Å². The largest absolute Gasteiger partial charge is 0.390 e. The fourth-order valence-electron chi connectivity index (χ4n) is 15.8. The molecule has 50 heavy (non-hydrogen) atoms. The van der Waals surface area contributed by atoms with Crippen LogP contribution >= 0.6 is 0 Å². The summed E-state index contributed by atoms with van der Waals surface area (Å²) >= 11 is 0. The molecule has 3 heterocycles. The number of aliphatic hydroxyl groups is 3. The predicted octanol–water partition coefficient (Wildman–Crippen LogP) is 4.31. The van der Waals surface area contributed by atoms with Gasteiger partial charge in [-0.2, -0.15) is 0 Å². The first-order chi connectivity index (χ1) is 23.6. The Morgan fingerprint density at radius 3 is 2.44 bits per heavy atom. The van der Waals surface area contributed by atoms with Crippen LogP contribution in [0, 0.1) is 56.2 Å². The minimum absolute atomic E-state index is 0.00181. The minimum Gasteiger partial charge on any atom is -0.390 e. The van der Waals surface area contributed by atoms with Crippen molar-refractivity contribution in [1.29, 1.82) is 0 Å². The van der Waals surface area contributed by atoms with Crippen LogP contribution in [0.25, 0.3) is 0 Å². The van der Waals surface area contributed by atoms with Gasteiger partial charge in [-0.1, -0.05) is 27.7 Å². The quantitative estimate of drug-likeness (QED) is 0.325. The van der Waals surface area contributed by atoms with E-state index < -0.39 is 23.9 Å². The van der Waals surface area contributed by atoms with Gasteiger partial charge in [0.2, 0.25) is 0 Å². The van der Waals surface area contributed by atoms with E-state index in [9.17, 15) is 15.3 Å². The molecule has 6 aliphatic carbocycles. The molecule has 6 saturated carbocycles. The average molecular weight is 701 g/mol. The molecule has 9 rings (SSSR count). The molecular weight excluding hydrogens is 632 g/mol. The van der Waals surface area contributed by atoms with Gasteiger partial charge in [0.15, 0.2) is 6.29 Å². The highest BCUT2D eigenvalue weighted by atomic mass is 16.7. The zero-order valence-corrected chi connectivity index (χ0v) is 32.2. The molecule has 9 nitrogen and oxygen atoms in total. The maximum absolute atomic E-state index is 12.5. The predicted molar refractivity (Wildman–Crippen MR) is 189 cm³/mol. The Morgan fingerprint density at radius 2 is 1.70 bits per heavy atom. The Bertz CT molecular complexity index is 1330. The number of likely N-dealkylation sites (tertiary alicyclic amines) is 1. The molecular formula is C41H68N2O7. The molecule has 284 valence electrons.